The molecule has 0 spiro atoms. The Balaban J connectivity index is 1.80. The van der Waals surface area contributed by atoms with E-state index in [2.05, 4.69) is 5.32 Å². The smallest absolute Gasteiger partial charge is 0.337 e. The van der Waals surface area contributed by atoms with Crippen LogP contribution in [0.25, 0.3) is 11.0 Å². The molecule has 1 amide bonds. The Morgan fingerprint density at radius 1 is 1.20 bits per heavy atom. The van der Waals surface area contributed by atoms with Gasteiger partial charge in [-0.2, -0.15) is 0 Å². The van der Waals surface area contributed by atoms with E-state index in [1.807, 2.05) is 0 Å². The summed E-state index contributed by atoms with van der Waals surface area (Å²) in [5, 5.41) is 3.21. The highest BCUT2D eigenvalue weighted by atomic mass is 19.1. The number of halogens is 1. The Kier molecular flexibility index (Phi) is 4.79. The van der Waals surface area contributed by atoms with Crippen molar-refractivity contribution in [3.05, 3.63) is 75.9 Å². The molecule has 0 fully saturated rings. The van der Waals surface area contributed by atoms with E-state index in [4.69, 9.17) is 9.15 Å². The molecule has 128 valence electrons. The van der Waals surface area contributed by atoms with Crippen molar-refractivity contribution >= 4 is 16.9 Å². The first kappa shape index (κ1) is 16.7. The molecule has 0 saturated carbocycles. The van der Waals surface area contributed by atoms with E-state index in [0.717, 1.165) is 6.07 Å². The molecule has 0 bridgehead atoms. The maximum Gasteiger partial charge on any atom is 0.337 e. The van der Waals surface area contributed by atoms with Gasteiger partial charge < -0.3 is 14.5 Å². The van der Waals surface area contributed by atoms with Crippen LogP contribution in [-0.4, -0.2) is 19.6 Å². The van der Waals surface area contributed by atoms with E-state index in [1.54, 1.807) is 36.4 Å². The van der Waals surface area contributed by atoms with Crippen LogP contribution in [0.5, 0.6) is 5.75 Å². The molecule has 0 atom stereocenters. The maximum atomic E-state index is 13.6. The second-order valence-electron chi connectivity index (χ2n) is 5.44. The molecule has 1 N–H and O–H groups in total. The summed E-state index contributed by atoms with van der Waals surface area (Å²) >= 11 is 0. The first-order chi connectivity index (χ1) is 12.1. The Bertz CT molecular complexity index is 981. The summed E-state index contributed by atoms with van der Waals surface area (Å²) in [6, 6.07) is 12.4. The average Bonchev–Trinajstić information content (AvgIpc) is 2.61. The van der Waals surface area contributed by atoms with Gasteiger partial charge >= 0.3 is 5.63 Å². The normalized spacial score (nSPS) is 10.6. The third kappa shape index (κ3) is 3.68. The summed E-state index contributed by atoms with van der Waals surface area (Å²) in [7, 11) is 1.50. The highest BCUT2D eigenvalue weighted by Gasteiger charge is 2.14. The minimum Gasteiger partial charge on any atom is -0.497 e. The van der Waals surface area contributed by atoms with Crippen molar-refractivity contribution in [2.24, 2.45) is 0 Å². The molecule has 0 radical (unpaired) electrons. The van der Waals surface area contributed by atoms with Crippen LogP contribution in [0.1, 0.15) is 15.9 Å². The van der Waals surface area contributed by atoms with Gasteiger partial charge in [-0.3, -0.25) is 4.79 Å². The van der Waals surface area contributed by atoms with Gasteiger partial charge in [-0.25, -0.2) is 9.18 Å². The quantitative estimate of drug-likeness (QED) is 0.725. The molecular formula is C19H16FNO4. The second kappa shape index (κ2) is 7.17. The van der Waals surface area contributed by atoms with E-state index >= 15 is 0 Å². The highest BCUT2D eigenvalue weighted by molar-refractivity contribution is 6.05. The van der Waals surface area contributed by atoms with Gasteiger partial charge in [0, 0.05) is 24.1 Å². The molecule has 0 aliphatic rings. The fourth-order valence-electron chi connectivity index (χ4n) is 2.56. The van der Waals surface area contributed by atoms with Gasteiger partial charge in [-0.1, -0.05) is 18.2 Å². The van der Waals surface area contributed by atoms with Gasteiger partial charge in [-0.05, 0) is 30.2 Å². The number of fused-ring (bicyclic) bond motifs is 1. The monoisotopic (exact) mass is 341 g/mol. The summed E-state index contributed by atoms with van der Waals surface area (Å²) < 4.78 is 23.8. The lowest BCUT2D eigenvalue weighted by Gasteiger charge is -2.08. The number of ether oxygens (including phenoxy) is 1. The van der Waals surface area contributed by atoms with E-state index in [9.17, 15) is 14.0 Å². The van der Waals surface area contributed by atoms with Crippen molar-refractivity contribution in [2.45, 2.75) is 6.42 Å². The predicted octanol–water partition coefficient (Wildman–Crippen LogP) is 2.91. The van der Waals surface area contributed by atoms with Crippen LogP contribution in [0.3, 0.4) is 0 Å². The number of rotatable bonds is 5. The van der Waals surface area contributed by atoms with Crippen molar-refractivity contribution < 1.29 is 18.3 Å². The zero-order valence-corrected chi connectivity index (χ0v) is 13.5. The van der Waals surface area contributed by atoms with E-state index in [-0.39, 0.29) is 23.5 Å². The van der Waals surface area contributed by atoms with Crippen LogP contribution in [0.4, 0.5) is 4.39 Å². The number of hydrogen-bond donors (Lipinski definition) is 1. The van der Waals surface area contributed by atoms with Gasteiger partial charge in [0.15, 0.2) is 0 Å². The molecule has 0 aliphatic heterocycles. The Morgan fingerprint density at radius 2 is 2.00 bits per heavy atom. The topological polar surface area (TPSA) is 68.5 Å². The summed E-state index contributed by atoms with van der Waals surface area (Å²) in [5.41, 5.74) is 0.374. The van der Waals surface area contributed by atoms with Crippen LogP contribution in [0, 0.1) is 5.82 Å². The van der Waals surface area contributed by atoms with Crippen LogP contribution in [0.2, 0.25) is 0 Å². The largest absolute Gasteiger partial charge is 0.497 e. The molecule has 0 saturated heterocycles. The van der Waals surface area contributed by atoms with Crippen molar-refractivity contribution in [3.8, 4) is 5.75 Å². The minimum absolute atomic E-state index is 0.211. The fourth-order valence-corrected chi connectivity index (χ4v) is 2.56. The Morgan fingerprint density at radius 3 is 2.76 bits per heavy atom. The van der Waals surface area contributed by atoms with E-state index < -0.39 is 11.5 Å². The summed E-state index contributed by atoms with van der Waals surface area (Å²) in [6.45, 7) is 0.248. The van der Waals surface area contributed by atoms with Crippen molar-refractivity contribution in [1.82, 2.24) is 5.32 Å². The summed E-state index contributed by atoms with van der Waals surface area (Å²) in [5.74, 6) is -0.207. The van der Waals surface area contributed by atoms with Gasteiger partial charge in [0.1, 0.15) is 17.1 Å². The highest BCUT2D eigenvalue weighted by Crippen LogP contribution is 2.22. The van der Waals surface area contributed by atoms with E-state index in [1.165, 1.54) is 13.2 Å². The molecule has 1 heterocycles. The van der Waals surface area contributed by atoms with E-state index in [0.29, 0.717) is 23.1 Å². The summed E-state index contributed by atoms with van der Waals surface area (Å²) in [6.07, 6.45) is 0.353. The number of amides is 1. The lowest BCUT2D eigenvalue weighted by atomic mass is 10.1. The molecule has 25 heavy (non-hydrogen) atoms. The van der Waals surface area contributed by atoms with Crippen molar-refractivity contribution in [3.63, 3.8) is 0 Å². The average molecular weight is 341 g/mol. The fraction of sp³-hybridized carbons (Fsp3) is 0.158. The van der Waals surface area contributed by atoms with Crippen LogP contribution in [-0.2, 0) is 6.42 Å². The molecule has 0 aliphatic carbocycles. The first-order valence-electron chi connectivity index (χ1n) is 7.72. The minimum atomic E-state index is -0.625. The van der Waals surface area contributed by atoms with Crippen LogP contribution < -0.4 is 15.7 Å². The summed E-state index contributed by atoms with van der Waals surface area (Å²) in [4.78, 5) is 24.1. The predicted molar refractivity (Wildman–Crippen MR) is 91.5 cm³/mol. The number of carbonyl (C=O) groups excluding carboxylic acids is 1. The zero-order valence-electron chi connectivity index (χ0n) is 13.5. The third-order valence-corrected chi connectivity index (χ3v) is 3.83. The van der Waals surface area contributed by atoms with Crippen LogP contribution >= 0.6 is 0 Å². The molecule has 5 nitrogen and oxygen atoms in total. The standard InChI is InChI=1S/C19H16FNO4/c1-24-13-6-7-14-15(11-18(22)25-17(14)10-13)19(23)21-9-8-12-4-2-3-5-16(12)20/h2-7,10-11H,8-9H2,1H3,(H,21,23). The lowest BCUT2D eigenvalue weighted by molar-refractivity contribution is 0.0955. The van der Waals surface area contributed by atoms with Crippen molar-refractivity contribution in [1.29, 1.82) is 0 Å². The zero-order chi connectivity index (χ0) is 17.8. The van der Waals surface area contributed by atoms with Gasteiger partial charge in [0.2, 0.25) is 0 Å². The third-order valence-electron chi connectivity index (χ3n) is 3.83. The molecule has 1 aromatic heterocycles. The number of nitrogens with one attached hydrogen (secondary N) is 1. The number of carbonyl (C=O) groups is 1. The van der Waals surface area contributed by atoms with Crippen molar-refractivity contribution in [2.75, 3.05) is 13.7 Å². The number of hydrogen-bond acceptors (Lipinski definition) is 4. The lowest BCUT2D eigenvalue weighted by Crippen LogP contribution is -2.27. The molecular weight excluding hydrogens is 325 g/mol. The molecule has 3 rings (SSSR count). The molecule has 6 heteroatoms. The maximum absolute atomic E-state index is 13.6. The molecule has 0 unspecified atom stereocenters. The Hall–Kier alpha value is -3.15. The van der Waals surface area contributed by atoms with Gasteiger partial charge in [0.05, 0.1) is 12.7 Å². The first-order valence-corrected chi connectivity index (χ1v) is 7.72. The Labute approximate surface area is 143 Å². The SMILES string of the molecule is COc1ccc2c(C(=O)NCCc3ccccc3F)cc(=O)oc2c1. The second-order valence-corrected chi connectivity index (χ2v) is 5.44. The number of methoxy groups -OCH3 is 1. The van der Waals surface area contributed by atoms with Crippen LogP contribution in [0.15, 0.2) is 57.7 Å². The molecule has 3 aromatic rings. The number of benzene rings is 2. The molecule has 2 aromatic carbocycles. The van der Waals surface area contributed by atoms with Gasteiger partial charge in [-0.15, -0.1) is 0 Å². The van der Waals surface area contributed by atoms with Gasteiger partial charge in [0.25, 0.3) is 5.91 Å².